The maximum absolute atomic E-state index is 11.5. The van der Waals surface area contributed by atoms with Gasteiger partial charge in [0.1, 0.15) is 0 Å². The topological polar surface area (TPSA) is 66.8 Å². The van der Waals surface area contributed by atoms with Crippen molar-refractivity contribution in [2.24, 2.45) is 0 Å². The molecule has 0 aliphatic carbocycles. The van der Waals surface area contributed by atoms with E-state index in [-0.39, 0.29) is 0 Å². The van der Waals surface area contributed by atoms with Gasteiger partial charge in [-0.25, -0.2) is 8.42 Å². The molecular formula is C19H23NO4S. The number of hydrogen-bond acceptors (Lipinski definition) is 5. The minimum atomic E-state index is -3.18. The number of nitrogens with zero attached hydrogens (tertiary/aromatic N) is 1. The highest BCUT2D eigenvalue weighted by Crippen LogP contribution is 2.24. The van der Waals surface area contributed by atoms with Crippen LogP contribution in [-0.4, -0.2) is 57.5 Å². The van der Waals surface area contributed by atoms with Gasteiger partial charge in [0, 0.05) is 25.9 Å². The summed E-state index contributed by atoms with van der Waals surface area (Å²) in [6.45, 7) is 3.74. The largest absolute Gasteiger partial charge is 0.387 e. The Bertz CT molecular complexity index is 794. The number of sulfone groups is 1. The summed E-state index contributed by atoms with van der Waals surface area (Å²) in [5, 5.41) is 10.4. The zero-order chi connectivity index (χ0) is 17.9. The molecule has 0 radical (unpaired) electrons. The number of hydrogen-bond donors (Lipinski definition) is 1. The van der Waals surface area contributed by atoms with Crippen LogP contribution in [0.2, 0.25) is 0 Å². The Morgan fingerprint density at radius 1 is 1.00 bits per heavy atom. The van der Waals surface area contributed by atoms with Gasteiger partial charge < -0.3 is 9.84 Å². The van der Waals surface area contributed by atoms with Gasteiger partial charge in [0.25, 0.3) is 0 Å². The van der Waals surface area contributed by atoms with Gasteiger partial charge in [-0.05, 0) is 28.8 Å². The van der Waals surface area contributed by atoms with Crippen molar-refractivity contribution in [2.75, 3.05) is 39.1 Å². The van der Waals surface area contributed by atoms with Crippen molar-refractivity contribution in [1.29, 1.82) is 0 Å². The van der Waals surface area contributed by atoms with E-state index < -0.39 is 15.9 Å². The summed E-state index contributed by atoms with van der Waals surface area (Å²) in [5.41, 5.74) is 2.81. The number of rotatable bonds is 5. The van der Waals surface area contributed by atoms with Gasteiger partial charge in [-0.2, -0.15) is 0 Å². The highest BCUT2D eigenvalue weighted by atomic mass is 32.2. The van der Waals surface area contributed by atoms with Gasteiger partial charge in [-0.3, -0.25) is 4.90 Å². The van der Waals surface area contributed by atoms with E-state index in [9.17, 15) is 13.5 Å². The Kier molecular flexibility index (Phi) is 5.54. The van der Waals surface area contributed by atoms with Gasteiger partial charge in [0.2, 0.25) is 0 Å². The second-order valence-electron chi connectivity index (χ2n) is 6.35. The zero-order valence-corrected chi connectivity index (χ0v) is 15.1. The maximum atomic E-state index is 11.5. The molecule has 1 aliphatic rings. The Balaban J connectivity index is 1.69. The fourth-order valence-corrected chi connectivity index (χ4v) is 3.56. The first-order chi connectivity index (χ1) is 11.9. The lowest BCUT2D eigenvalue weighted by Crippen LogP contribution is -2.38. The molecule has 0 spiro atoms. The number of ether oxygens (including phenoxy) is 1. The van der Waals surface area contributed by atoms with Crippen LogP contribution < -0.4 is 0 Å². The normalized spacial score (nSPS) is 17.4. The van der Waals surface area contributed by atoms with Crippen LogP contribution in [0.15, 0.2) is 53.4 Å². The molecule has 1 fully saturated rings. The molecule has 1 atom stereocenters. The number of β-amino-alcohol motifs (C(OH)–C–C–N with tert-alkyl or cyclic N) is 1. The maximum Gasteiger partial charge on any atom is 0.175 e. The molecule has 3 rings (SSSR count). The Morgan fingerprint density at radius 3 is 2.04 bits per heavy atom. The first-order valence-electron chi connectivity index (χ1n) is 8.32. The van der Waals surface area contributed by atoms with E-state index in [1.165, 1.54) is 6.26 Å². The monoisotopic (exact) mass is 361 g/mol. The summed E-state index contributed by atoms with van der Waals surface area (Å²) in [6.07, 6.45) is 0.673. The fraction of sp³-hybridized carbons (Fsp3) is 0.368. The molecule has 1 unspecified atom stereocenters. The fourth-order valence-electron chi connectivity index (χ4n) is 2.93. The number of benzene rings is 2. The third-order valence-electron chi connectivity index (χ3n) is 4.45. The molecule has 0 aromatic heterocycles. The summed E-state index contributed by atoms with van der Waals surface area (Å²) in [4.78, 5) is 2.51. The van der Waals surface area contributed by atoms with Gasteiger partial charge >= 0.3 is 0 Å². The molecule has 25 heavy (non-hydrogen) atoms. The molecule has 2 aromatic carbocycles. The van der Waals surface area contributed by atoms with E-state index in [4.69, 9.17) is 4.74 Å². The van der Waals surface area contributed by atoms with Crippen LogP contribution in [0.3, 0.4) is 0 Å². The van der Waals surface area contributed by atoms with Crippen LogP contribution in [0.1, 0.15) is 11.7 Å². The van der Waals surface area contributed by atoms with Crippen LogP contribution in [0.4, 0.5) is 0 Å². The Hall–Kier alpha value is -1.73. The molecular weight excluding hydrogens is 338 g/mol. The minimum Gasteiger partial charge on any atom is -0.387 e. The van der Waals surface area contributed by atoms with Crippen molar-refractivity contribution in [3.8, 4) is 11.1 Å². The van der Waals surface area contributed by atoms with Crippen LogP contribution >= 0.6 is 0 Å². The van der Waals surface area contributed by atoms with Crippen molar-refractivity contribution < 1.29 is 18.3 Å². The molecule has 2 aromatic rings. The van der Waals surface area contributed by atoms with Gasteiger partial charge in [0.05, 0.1) is 24.2 Å². The first-order valence-corrected chi connectivity index (χ1v) is 10.2. The standard InChI is InChI=1S/C19H23NO4S/c1-25(22,23)18-8-6-16(7-9-18)15-2-4-17(5-3-15)19(21)14-20-10-12-24-13-11-20/h2-9,19,21H,10-14H2,1H3. The van der Waals surface area contributed by atoms with E-state index in [0.29, 0.717) is 11.4 Å². The molecule has 5 nitrogen and oxygen atoms in total. The summed E-state index contributed by atoms with van der Waals surface area (Å²) >= 11 is 0. The van der Waals surface area contributed by atoms with E-state index in [1.807, 2.05) is 24.3 Å². The van der Waals surface area contributed by atoms with Crippen LogP contribution in [0, 0.1) is 0 Å². The van der Waals surface area contributed by atoms with Gasteiger partial charge in [-0.1, -0.05) is 36.4 Å². The van der Waals surface area contributed by atoms with E-state index >= 15 is 0 Å². The second kappa shape index (κ2) is 7.66. The Labute approximate surface area is 148 Å². The summed E-state index contributed by atoms with van der Waals surface area (Å²) in [6, 6.07) is 14.6. The molecule has 0 amide bonds. The zero-order valence-electron chi connectivity index (χ0n) is 14.3. The van der Waals surface area contributed by atoms with Crippen molar-refractivity contribution >= 4 is 9.84 Å². The summed E-state index contributed by atoms with van der Waals surface area (Å²) in [7, 11) is -3.18. The minimum absolute atomic E-state index is 0.314. The van der Waals surface area contributed by atoms with E-state index in [2.05, 4.69) is 4.90 Å². The van der Waals surface area contributed by atoms with Crippen molar-refractivity contribution in [3.63, 3.8) is 0 Å². The third kappa shape index (κ3) is 4.67. The van der Waals surface area contributed by atoms with Crippen molar-refractivity contribution in [3.05, 3.63) is 54.1 Å². The van der Waals surface area contributed by atoms with Crippen LogP contribution in [-0.2, 0) is 14.6 Å². The number of aliphatic hydroxyl groups excluding tert-OH is 1. The predicted molar refractivity (Wildman–Crippen MR) is 97.2 cm³/mol. The molecule has 1 N–H and O–H groups in total. The quantitative estimate of drug-likeness (QED) is 0.884. The summed E-state index contributed by atoms with van der Waals surface area (Å²) < 4.78 is 28.4. The highest BCUT2D eigenvalue weighted by Gasteiger charge is 2.16. The van der Waals surface area contributed by atoms with Crippen molar-refractivity contribution in [1.82, 2.24) is 4.90 Å². The lowest BCUT2D eigenvalue weighted by atomic mass is 10.0. The average Bonchev–Trinajstić information content (AvgIpc) is 2.62. The molecule has 6 heteroatoms. The summed E-state index contributed by atoms with van der Waals surface area (Å²) in [5.74, 6) is 0. The first kappa shape index (κ1) is 18.1. The second-order valence-corrected chi connectivity index (χ2v) is 8.36. The van der Waals surface area contributed by atoms with Gasteiger partial charge in [0.15, 0.2) is 9.84 Å². The number of aliphatic hydroxyl groups is 1. The van der Waals surface area contributed by atoms with Gasteiger partial charge in [-0.15, -0.1) is 0 Å². The highest BCUT2D eigenvalue weighted by molar-refractivity contribution is 7.90. The molecule has 1 aliphatic heterocycles. The third-order valence-corrected chi connectivity index (χ3v) is 5.57. The molecule has 1 saturated heterocycles. The van der Waals surface area contributed by atoms with Crippen LogP contribution in [0.5, 0.6) is 0 Å². The average molecular weight is 361 g/mol. The molecule has 0 saturated carbocycles. The Morgan fingerprint density at radius 2 is 1.52 bits per heavy atom. The predicted octanol–water partition coefficient (Wildman–Crippen LogP) is 2.12. The van der Waals surface area contributed by atoms with E-state index in [0.717, 1.165) is 43.0 Å². The smallest absolute Gasteiger partial charge is 0.175 e. The molecule has 134 valence electrons. The van der Waals surface area contributed by atoms with Crippen molar-refractivity contribution in [2.45, 2.75) is 11.0 Å². The van der Waals surface area contributed by atoms with E-state index in [1.54, 1.807) is 24.3 Å². The molecule has 1 heterocycles. The molecule has 0 bridgehead atoms. The lowest BCUT2D eigenvalue weighted by Gasteiger charge is -2.28. The number of morpholine rings is 1. The van der Waals surface area contributed by atoms with Crippen LogP contribution in [0.25, 0.3) is 11.1 Å². The lowest BCUT2D eigenvalue weighted by molar-refractivity contribution is 0.0143. The SMILES string of the molecule is CS(=O)(=O)c1ccc(-c2ccc(C(O)CN3CCOCC3)cc2)cc1.